The van der Waals surface area contributed by atoms with Gasteiger partial charge >= 0.3 is 6.18 Å². The van der Waals surface area contributed by atoms with Crippen LogP contribution in [0.25, 0.3) is 10.6 Å². The fourth-order valence-corrected chi connectivity index (χ4v) is 6.47. The lowest BCUT2D eigenvalue weighted by Crippen LogP contribution is -2.45. The van der Waals surface area contributed by atoms with Crippen molar-refractivity contribution < 1.29 is 27.9 Å². The van der Waals surface area contributed by atoms with Gasteiger partial charge in [-0.3, -0.25) is 19.5 Å². The molecule has 8 nitrogen and oxygen atoms in total. The van der Waals surface area contributed by atoms with Gasteiger partial charge in [-0.05, 0) is 62.4 Å². The summed E-state index contributed by atoms with van der Waals surface area (Å²) in [4.78, 5) is 36.5. The van der Waals surface area contributed by atoms with Crippen molar-refractivity contribution in [1.29, 1.82) is 0 Å². The minimum absolute atomic E-state index is 0.0812. The van der Waals surface area contributed by atoms with Crippen LogP contribution in [-0.4, -0.2) is 63.5 Å². The maximum absolute atomic E-state index is 12.9. The zero-order chi connectivity index (χ0) is 28.3. The smallest absolute Gasteiger partial charge is 0.384 e. The van der Waals surface area contributed by atoms with E-state index in [0.29, 0.717) is 25.4 Å². The van der Waals surface area contributed by atoms with Gasteiger partial charge in [0, 0.05) is 54.9 Å². The minimum atomic E-state index is -4.55. The molecule has 3 heterocycles. The lowest BCUT2D eigenvalue weighted by molar-refractivity contribution is -0.137. The number of hydrogen-bond acceptors (Lipinski definition) is 7. The lowest BCUT2D eigenvalue weighted by atomic mass is 9.81. The fraction of sp³-hybridized carbons (Fsp3) is 0.429. The van der Waals surface area contributed by atoms with Gasteiger partial charge < -0.3 is 15.7 Å². The third kappa shape index (κ3) is 6.51. The number of aliphatic hydroxyl groups is 1. The number of carbonyl (C=O) groups excluding carboxylic acids is 2. The highest BCUT2D eigenvalue weighted by Gasteiger charge is 2.40. The van der Waals surface area contributed by atoms with Crippen molar-refractivity contribution in [3.05, 3.63) is 71.0 Å². The lowest BCUT2D eigenvalue weighted by Gasteiger charge is -2.39. The summed E-state index contributed by atoms with van der Waals surface area (Å²) in [7, 11) is 0. The summed E-state index contributed by atoms with van der Waals surface area (Å²) < 4.78 is 38.7. The number of nitrogens with one attached hydrogen (secondary N) is 2. The molecule has 212 valence electrons. The minimum Gasteiger partial charge on any atom is -0.384 e. The molecule has 1 atom stereocenters. The van der Waals surface area contributed by atoms with E-state index in [1.807, 2.05) is 12.1 Å². The number of hydrogen-bond donors (Lipinski definition) is 3. The summed E-state index contributed by atoms with van der Waals surface area (Å²) in [5.74, 6) is -1.13. The zero-order valence-corrected chi connectivity index (χ0v) is 22.5. The molecule has 0 bridgehead atoms. The second kappa shape index (κ2) is 11.6. The third-order valence-corrected chi connectivity index (χ3v) is 8.86. The molecule has 1 aliphatic heterocycles. The number of likely N-dealkylation sites (tertiary alicyclic amines) is 1. The molecule has 0 radical (unpaired) electrons. The highest BCUT2D eigenvalue weighted by molar-refractivity contribution is 7.15. The van der Waals surface area contributed by atoms with E-state index in [9.17, 15) is 27.9 Å². The van der Waals surface area contributed by atoms with Crippen LogP contribution in [0.5, 0.6) is 0 Å². The highest BCUT2D eigenvalue weighted by atomic mass is 32.1. The normalized spacial score (nSPS) is 23.6. The van der Waals surface area contributed by atoms with Crippen LogP contribution in [-0.2, 0) is 16.6 Å². The maximum Gasteiger partial charge on any atom is 0.416 e. The first-order valence-corrected chi connectivity index (χ1v) is 14.0. The first kappa shape index (κ1) is 28.2. The highest BCUT2D eigenvalue weighted by Crippen LogP contribution is 2.42. The Morgan fingerprint density at radius 1 is 1.12 bits per heavy atom. The molecule has 2 amide bonds. The quantitative estimate of drug-likeness (QED) is 0.395. The molecular weight excluding hydrogens is 543 g/mol. The predicted molar refractivity (Wildman–Crippen MR) is 143 cm³/mol. The molecule has 2 aromatic heterocycles. The summed E-state index contributed by atoms with van der Waals surface area (Å²) in [5.41, 5.74) is -1.05. The summed E-state index contributed by atoms with van der Waals surface area (Å²) >= 11 is 1.50. The Bertz CT molecular complexity index is 1340. The van der Waals surface area contributed by atoms with Crippen LogP contribution in [0, 0.1) is 0 Å². The Balaban J connectivity index is 1.07. The Hall–Kier alpha value is -3.35. The van der Waals surface area contributed by atoms with E-state index >= 15 is 0 Å². The SMILES string of the molecule is O=C(CNC(=O)c1cccc(C(F)(F)F)c1)N[C@@H]1CCN(C2CCC(O)(c3cnc(-c4cccnc4)s3)CC2)C1. The maximum atomic E-state index is 12.9. The van der Waals surface area contributed by atoms with E-state index in [4.69, 9.17) is 0 Å². The van der Waals surface area contributed by atoms with Gasteiger partial charge in [0.25, 0.3) is 5.91 Å². The van der Waals surface area contributed by atoms with Crippen molar-refractivity contribution >= 4 is 23.2 Å². The van der Waals surface area contributed by atoms with Gasteiger partial charge in [0.1, 0.15) is 10.6 Å². The van der Waals surface area contributed by atoms with Gasteiger partial charge in [-0.15, -0.1) is 11.3 Å². The van der Waals surface area contributed by atoms with E-state index in [1.54, 1.807) is 18.6 Å². The fourth-order valence-electron chi connectivity index (χ4n) is 5.42. The van der Waals surface area contributed by atoms with E-state index in [0.717, 1.165) is 59.5 Å². The van der Waals surface area contributed by atoms with E-state index in [1.165, 1.54) is 17.4 Å². The zero-order valence-electron chi connectivity index (χ0n) is 21.7. The standard InChI is InChI=1S/C28H30F3N5O3S/c29-28(30,31)20-5-1-3-18(13-20)25(38)33-16-24(37)35-21-8-12-36(17-21)22-6-9-27(39,10-7-22)23-15-34-26(40-23)19-4-2-11-32-14-19/h1-5,11,13-15,21-22,39H,6-10,12,16-17H2,(H,33,38)(H,35,37)/t21-,22?,27?/m1/s1. The molecule has 0 unspecified atom stereocenters. The largest absolute Gasteiger partial charge is 0.416 e. The first-order valence-electron chi connectivity index (χ1n) is 13.2. The van der Waals surface area contributed by atoms with Gasteiger partial charge in [-0.1, -0.05) is 6.07 Å². The number of halogens is 3. The molecule has 5 rings (SSSR count). The van der Waals surface area contributed by atoms with Crippen molar-refractivity contribution in [2.75, 3.05) is 19.6 Å². The second-order valence-corrected chi connectivity index (χ2v) is 11.4. The van der Waals surface area contributed by atoms with Crippen LogP contribution in [0.4, 0.5) is 13.2 Å². The molecule has 3 aromatic rings. The number of benzene rings is 1. The number of thiazole rings is 1. The molecule has 1 aromatic carbocycles. The topological polar surface area (TPSA) is 107 Å². The summed E-state index contributed by atoms with van der Waals surface area (Å²) in [6, 6.07) is 8.12. The molecule has 12 heteroatoms. The Morgan fingerprint density at radius 3 is 2.65 bits per heavy atom. The van der Waals surface area contributed by atoms with Gasteiger partial charge in [0.05, 0.1) is 17.0 Å². The van der Waals surface area contributed by atoms with Crippen molar-refractivity contribution in [3.63, 3.8) is 0 Å². The van der Waals surface area contributed by atoms with Gasteiger partial charge in [0.15, 0.2) is 0 Å². The number of aromatic nitrogens is 2. The average molecular weight is 574 g/mol. The Morgan fingerprint density at radius 2 is 1.93 bits per heavy atom. The van der Waals surface area contributed by atoms with Crippen LogP contribution in [0.15, 0.2) is 55.0 Å². The van der Waals surface area contributed by atoms with Crippen LogP contribution < -0.4 is 10.6 Å². The Kier molecular flexibility index (Phi) is 8.20. The summed E-state index contributed by atoms with van der Waals surface area (Å²) in [6.07, 6.45) is 4.35. The van der Waals surface area contributed by atoms with Crippen molar-refractivity contribution in [1.82, 2.24) is 25.5 Å². The number of alkyl halides is 3. The monoisotopic (exact) mass is 573 g/mol. The van der Waals surface area contributed by atoms with E-state index in [2.05, 4.69) is 25.5 Å². The van der Waals surface area contributed by atoms with Crippen LogP contribution in [0.3, 0.4) is 0 Å². The molecule has 40 heavy (non-hydrogen) atoms. The van der Waals surface area contributed by atoms with Crippen LogP contribution in [0.1, 0.15) is 52.9 Å². The van der Waals surface area contributed by atoms with Gasteiger partial charge in [-0.2, -0.15) is 13.2 Å². The molecule has 0 spiro atoms. The van der Waals surface area contributed by atoms with Crippen molar-refractivity contribution in [3.8, 4) is 10.6 Å². The van der Waals surface area contributed by atoms with E-state index in [-0.39, 0.29) is 24.1 Å². The second-order valence-electron chi connectivity index (χ2n) is 10.3. The average Bonchev–Trinajstić information content (AvgIpc) is 3.63. The number of amides is 2. The van der Waals surface area contributed by atoms with Crippen LogP contribution >= 0.6 is 11.3 Å². The van der Waals surface area contributed by atoms with E-state index < -0.39 is 23.2 Å². The van der Waals surface area contributed by atoms with Gasteiger partial charge in [0.2, 0.25) is 5.91 Å². The molecule has 3 N–H and O–H groups in total. The third-order valence-electron chi connectivity index (χ3n) is 7.62. The molecule has 1 aliphatic carbocycles. The Labute approximate surface area is 233 Å². The summed E-state index contributed by atoms with van der Waals surface area (Å²) in [6.45, 7) is 1.16. The van der Waals surface area contributed by atoms with Crippen LogP contribution in [0.2, 0.25) is 0 Å². The number of carbonyl (C=O) groups is 2. The van der Waals surface area contributed by atoms with Gasteiger partial charge in [-0.25, -0.2) is 4.98 Å². The molecule has 1 saturated heterocycles. The van der Waals surface area contributed by atoms with Crippen molar-refractivity contribution in [2.45, 2.75) is 56.0 Å². The molecule has 2 fully saturated rings. The summed E-state index contributed by atoms with van der Waals surface area (Å²) in [5, 5.41) is 17.5. The first-order chi connectivity index (χ1) is 19.1. The number of pyridine rings is 1. The predicted octanol–water partition coefficient (Wildman–Crippen LogP) is 3.97. The number of nitrogens with zero attached hydrogens (tertiary/aromatic N) is 3. The molecule has 2 aliphatic rings. The molecular formula is C28H30F3N5O3S. The van der Waals surface area contributed by atoms with Crippen molar-refractivity contribution in [2.24, 2.45) is 0 Å². The molecule has 1 saturated carbocycles. The number of rotatable bonds is 7.